The van der Waals surface area contributed by atoms with Gasteiger partial charge in [-0.2, -0.15) is 0 Å². The number of benzene rings is 2. The first kappa shape index (κ1) is 24.1. The van der Waals surface area contributed by atoms with Gasteiger partial charge in [-0.25, -0.2) is 18.7 Å². The molecule has 1 spiro atoms. The first-order valence-electron chi connectivity index (χ1n) is 11.7. The highest BCUT2D eigenvalue weighted by Gasteiger charge is 2.50. The molecule has 36 heavy (non-hydrogen) atoms. The predicted octanol–water partition coefficient (Wildman–Crippen LogP) is 4.15. The Labute approximate surface area is 208 Å². The fraction of sp³-hybridized carbons (Fsp3) is 0.385. The maximum atomic E-state index is 14.5. The molecule has 2 aromatic carbocycles. The Morgan fingerprint density at radius 3 is 2.31 bits per heavy atom. The van der Waals surface area contributed by atoms with Crippen molar-refractivity contribution in [1.82, 2.24) is 14.9 Å². The second kappa shape index (κ2) is 9.42. The molecule has 8 nitrogen and oxygen atoms in total. The highest BCUT2D eigenvalue weighted by atomic mass is 19.1. The first-order chi connectivity index (χ1) is 17.3. The summed E-state index contributed by atoms with van der Waals surface area (Å²) >= 11 is 0. The van der Waals surface area contributed by atoms with Crippen LogP contribution in [-0.4, -0.2) is 62.3 Å². The number of nitrogens with zero attached hydrogens (tertiary/aromatic N) is 4. The number of anilines is 3. The molecule has 0 radical (unpaired) electrons. The summed E-state index contributed by atoms with van der Waals surface area (Å²) in [5.41, 5.74) is 2.34. The largest absolute Gasteiger partial charge is 0.495 e. The van der Waals surface area contributed by atoms with Crippen molar-refractivity contribution in [3.8, 4) is 17.2 Å². The van der Waals surface area contributed by atoms with Gasteiger partial charge >= 0.3 is 0 Å². The molecule has 1 N–H and O–H groups in total. The lowest BCUT2D eigenvalue weighted by atomic mass is 9.73. The van der Waals surface area contributed by atoms with Gasteiger partial charge < -0.3 is 29.3 Å². The van der Waals surface area contributed by atoms with E-state index in [0.29, 0.717) is 11.4 Å². The summed E-state index contributed by atoms with van der Waals surface area (Å²) < 4.78 is 45.0. The van der Waals surface area contributed by atoms with Crippen LogP contribution in [0.1, 0.15) is 11.1 Å². The van der Waals surface area contributed by atoms with Crippen LogP contribution in [0.3, 0.4) is 0 Å². The van der Waals surface area contributed by atoms with Crippen LogP contribution in [0.4, 0.5) is 26.1 Å². The van der Waals surface area contributed by atoms with Crippen molar-refractivity contribution in [3.05, 3.63) is 59.4 Å². The van der Waals surface area contributed by atoms with E-state index in [-0.39, 0.29) is 29.2 Å². The Morgan fingerprint density at radius 1 is 0.972 bits per heavy atom. The zero-order valence-electron chi connectivity index (χ0n) is 20.8. The van der Waals surface area contributed by atoms with Crippen LogP contribution in [-0.2, 0) is 6.61 Å². The van der Waals surface area contributed by atoms with Gasteiger partial charge in [0.05, 0.1) is 37.9 Å². The van der Waals surface area contributed by atoms with E-state index in [1.807, 2.05) is 18.2 Å². The third-order valence-corrected chi connectivity index (χ3v) is 6.71. The second-order valence-electron chi connectivity index (χ2n) is 9.57. The molecule has 2 aliphatic heterocycles. The minimum atomic E-state index is -0.786. The zero-order chi connectivity index (χ0) is 25.4. The summed E-state index contributed by atoms with van der Waals surface area (Å²) in [6.45, 7) is 5.58. The van der Waals surface area contributed by atoms with Crippen LogP contribution in [0.25, 0.3) is 0 Å². The van der Waals surface area contributed by atoms with Crippen LogP contribution < -0.4 is 24.4 Å². The van der Waals surface area contributed by atoms with Gasteiger partial charge in [0.2, 0.25) is 5.95 Å². The second-order valence-corrected chi connectivity index (χ2v) is 9.57. The number of hydrogen-bond acceptors (Lipinski definition) is 8. The van der Waals surface area contributed by atoms with Crippen molar-refractivity contribution in [2.75, 3.05) is 57.7 Å². The molecule has 2 aliphatic rings. The number of halogens is 2. The van der Waals surface area contributed by atoms with E-state index in [1.54, 1.807) is 14.0 Å². The fourth-order valence-electron chi connectivity index (χ4n) is 5.07. The highest BCUT2D eigenvalue weighted by Crippen LogP contribution is 2.44. The minimum Gasteiger partial charge on any atom is -0.495 e. The third-order valence-electron chi connectivity index (χ3n) is 6.71. The number of nitrogens with one attached hydrogen (secondary N) is 1. The van der Waals surface area contributed by atoms with Crippen LogP contribution in [0.2, 0.25) is 0 Å². The Morgan fingerprint density at radius 2 is 1.67 bits per heavy atom. The number of aryl methyl sites for hydroxylation is 1. The third kappa shape index (κ3) is 4.48. The molecule has 0 aliphatic carbocycles. The van der Waals surface area contributed by atoms with E-state index < -0.39 is 11.6 Å². The number of aromatic nitrogens is 2. The number of ether oxygens (including phenoxy) is 3. The lowest BCUT2D eigenvalue weighted by Gasteiger charge is -2.60. The molecule has 2 fully saturated rings. The van der Waals surface area contributed by atoms with Crippen LogP contribution >= 0.6 is 0 Å². The molecule has 190 valence electrons. The van der Waals surface area contributed by atoms with Crippen molar-refractivity contribution in [2.45, 2.75) is 13.5 Å². The summed E-state index contributed by atoms with van der Waals surface area (Å²) in [7, 11) is 5.14. The molecular formula is C26H29F2N5O3. The monoisotopic (exact) mass is 497 g/mol. The van der Waals surface area contributed by atoms with Gasteiger partial charge in [0, 0.05) is 43.3 Å². The molecule has 0 bridgehead atoms. The minimum absolute atomic E-state index is 0.0333. The Balaban J connectivity index is 1.21. The topological polar surface area (TPSA) is 72.0 Å². The van der Waals surface area contributed by atoms with E-state index >= 15 is 0 Å². The van der Waals surface area contributed by atoms with Crippen molar-refractivity contribution >= 4 is 17.3 Å². The summed E-state index contributed by atoms with van der Waals surface area (Å²) in [5, 5.41) is 3.15. The van der Waals surface area contributed by atoms with Crippen molar-refractivity contribution in [1.29, 1.82) is 0 Å². The van der Waals surface area contributed by atoms with E-state index in [4.69, 9.17) is 14.2 Å². The van der Waals surface area contributed by atoms with Gasteiger partial charge in [0.25, 0.3) is 0 Å². The summed E-state index contributed by atoms with van der Waals surface area (Å²) in [5.74, 6) is -0.0775. The van der Waals surface area contributed by atoms with Gasteiger partial charge in [-0.05, 0) is 37.7 Å². The first-order valence-corrected chi connectivity index (χ1v) is 11.7. The molecule has 0 atom stereocenters. The fourth-order valence-corrected chi connectivity index (χ4v) is 5.07. The molecular weight excluding hydrogens is 468 g/mol. The average molecular weight is 498 g/mol. The van der Waals surface area contributed by atoms with Crippen LogP contribution in [0.5, 0.6) is 17.2 Å². The molecule has 0 amide bonds. The predicted molar refractivity (Wildman–Crippen MR) is 132 cm³/mol. The van der Waals surface area contributed by atoms with Crippen molar-refractivity contribution < 1.29 is 23.0 Å². The summed E-state index contributed by atoms with van der Waals surface area (Å²) in [6.07, 6.45) is 2.89. The van der Waals surface area contributed by atoms with Crippen LogP contribution in [0.15, 0.2) is 36.7 Å². The molecule has 3 heterocycles. The van der Waals surface area contributed by atoms with Gasteiger partial charge in [0.15, 0.2) is 17.3 Å². The lowest BCUT2D eigenvalue weighted by Crippen LogP contribution is -2.71. The van der Waals surface area contributed by atoms with Gasteiger partial charge in [-0.15, -0.1) is 0 Å². The normalized spacial score (nSPS) is 16.3. The smallest absolute Gasteiger partial charge is 0.227 e. The van der Waals surface area contributed by atoms with Gasteiger partial charge in [-0.3, -0.25) is 0 Å². The van der Waals surface area contributed by atoms with E-state index in [2.05, 4.69) is 32.1 Å². The van der Waals surface area contributed by atoms with E-state index in [0.717, 1.165) is 43.3 Å². The number of rotatable bonds is 8. The quantitative estimate of drug-likeness (QED) is 0.498. The standard InChI is InChI=1S/C26H29F2N5O3/c1-16-7-22(35-4)24(28)19(23(16)27)11-36-18-9-29-25(30-10-18)31-17-5-6-20(21(8-17)34-3)33-14-26(15-33)12-32(2)13-26/h5-10H,11-15H2,1-4H3,(H,29,30,31). The highest BCUT2D eigenvalue weighted by molar-refractivity contribution is 5.68. The molecule has 5 rings (SSSR count). The summed E-state index contributed by atoms with van der Waals surface area (Å²) in [6, 6.07) is 7.22. The van der Waals surface area contributed by atoms with Gasteiger partial charge in [-0.1, -0.05) is 0 Å². The zero-order valence-corrected chi connectivity index (χ0v) is 20.8. The van der Waals surface area contributed by atoms with Crippen molar-refractivity contribution in [2.24, 2.45) is 5.41 Å². The van der Waals surface area contributed by atoms with E-state index in [1.165, 1.54) is 25.6 Å². The van der Waals surface area contributed by atoms with Gasteiger partial charge in [0.1, 0.15) is 18.2 Å². The Hall–Kier alpha value is -3.66. The molecule has 0 unspecified atom stereocenters. The number of methoxy groups -OCH3 is 2. The molecule has 0 saturated carbocycles. The molecule has 3 aromatic rings. The SMILES string of the molecule is COc1cc(Nc2ncc(OCc3c(F)c(C)cc(OC)c3F)cn2)ccc1N1CC2(CN(C)C2)C1. The summed E-state index contributed by atoms with van der Waals surface area (Å²) in [4.78, 5) is 13.2. The maximum Gasteiger partial charge on any atom is 0.227 e. The lowest BCUT2D eigenvalue weighted by molar-refractivity contribution is -0.00258. The average Bonchev–Trinajstić information content (AvgIpc) is 2.84. The maximum absolute atomic E-state index is 14.5. The Kier molecular flexibility index (Phi) is 6.29. The molecule has 2 saturated heterocycles. The van der Waals surface area contributed by atoms with Crippen LogP contribution in [0, 0.1) is 24.0 Å². The molecule has 1 aromatic heterocycles. The van der Waals surface area contributed by atoms with Crippen molar-refractivity contribution in [3.63, 3.8) is 0 Å². The number of likely N-dealkylation sites (tertiary alicyclic amines) is 1. The Bertz CT molecular complexity index is 1260. The van der Waals surface area contributed by atoms with E-state index in [9.17, 15) is 8.78 Å². The molecule has 10 heteroatoms. The number of hydrogen-bond donors (Lipinski definition) is 1.